The number of aliphatic hydroxyl groups is 6. The minimum atomic E-state index is -1.61. The molecule has 0 aromatic carbocycles. The molecule has 1 amide bonds. The SMILES string of the molecule is CNC1C(O)C(OC2C(O)C(OC3OC(CN)C(O)C(O)C3N)C(N)C[C@@H]2NC(=O)C(O)C/N=C\C=C(/C)CC/C=C(\C)CCC=C(C)C)OCC1(C)O. The fourth-order valence-electron chi connectivity index (χ4n) is 6.91. The summed E-state index contributed by atoms with van der Waals surface area (Å²) in [7, 11) is 1.55. The smallest absolute Gasteiger partial charge is 0.251 e. The second-order valence-electron chi connectivity index (χ2n) is 15.3. The number of nitrogens with one attached hydrogen (secondary N) is 2. The highest BCUT2D eigenvalue weighted by Gasteiger charge is 2.53. The molecule has 0 radical (unpaired) electrons. The Kier molecular flexibility index (Phi) is 18.3. The van der Waals surface area contributed by atoms with Gasteiger partial charge in [0.25, 0.3) is 5.91 Å². The van der Waals surface area contributed by atoms with E-state index in [9.17, 15) is 35.4 Å². The van der Waals surface area contributed by atoms with E-state index in [4.69, 9.17) is 36.1 Å². The van der Waals surface area contributed by atoms with Crippen molar-refractivity contribution < 1.29 is 54.4 Å². The molecule has 2 saturated heterocycles. The molecule has 2 heterocycles. The van der Waals surface area contributed by atoms with Gasteiger partial charge in [0.1, 0.15) is 48.3 Å². The van der Waals surface area contributed by atoms with Crippen molar-refractivity contribution in [2.75, 3.05) is 26.7 Å². The van der Waals surface area contributed by atoms with Crippen LogP contribution in [-0.4, -0.2) is 161 Å². The van der Waals surface area contributed by atoms with Gasteiger partial charge in [-0.15, -0.1) is 0 Å². The first kappa shape index (κ1) is 46.2. The fourth-order valence-corrected chi connectivity index (χ4v) is 6.91. The minimum Gasteiger partial charge on any atom is -0.388 e. The lowest BCUT2D eigenvalue weighted by molar-refractivity contribution is -0.315. The topological polar surface area (TPSA) is 290 Å². The second-order valence-corrected chi connectivity index (χ2v) is 15.3. The van der Waals surface area contributed by atoms with E-state index in [-0.39, 0.29) is 26.1 Å². The first-order valence-electron chi connectivity index (χ1n) is 18.8. The Labute approximate surface area is 318 Å². The Hall–Kier alpha value is -2.20. The van der Waals surface area contributed by atoms with Crippen LogP contribution in [-0.2, 0) is 23.7 Å². The van der Waals surface area contributed by atoms with Crippen molar-refractivity contribution >= 4 is 12.1 Å². The molecule has 2 aliphatic heterocycles. The molecule has 14 N–H and O–H groups in total. The molecular formula is C37H66N6O11. The number of carbonyl (C=O) groups excluding carboxylic acids is 1. The molecule has 3 rings (SSSR count). The number of allylic oxidation sites excluding steroid dienone is 6. The third-order valence-electron chi connectivity index (χ3n) is 10.2. The van der Waals surface area contributed by atoms with Gasteiger partial charge in [-0.3, -0.25) is 9.79 Å². The molecular weight excluding hydrogens is 704 g/mol. The first-order chi connectivity index (χ1) is 25.4. The summed E-state index contributed by atoms with van der Waals surface area (Å²) in [6.45, 7) is 9.15. The lowest BCUT2D eigenvalue weighted by Crippen LogP contribution is -2.70. The van der Waals surface area contributed by atoms with Crippen molar-refractivity contribution in [1.29, 1.82) is 0 Å². The number of amides is 1. The number of nitrogens with two attached hydrogens (primary N) is 3. The van der Waals surface area contributed by atoms with Gasteiger partial charge in [0.05, 0.1) is 31.3 Å². The van der Waals surface area contributed by atoms with Gasteiger partial charge in [-0.1, -0.05) is 28.9 Å². The van der Waals surface area contributed by atoms with Crippen molar-refractivity contribution in [3.8, 4) is 0 Å². The summed E-state index contributed by atoms with van der Waals surface area (Å²) in [4.78, 5) is 17.4. The Morgan fingerprint density at radius 1 is 0.963 bits per heavy atom. The normalized spacial score (nSPS) is 38.7. The maximum absolute atomic E-state index is 13.2. The molecule has 17 nitrogen and oxygen atoms in total. The lowest BCUT2D eigenvalue weighted by atomic mass is 9.83. The van der Waals surface area contributed by atoms with Crippen molar-refractivity contribution in [3.63, 3.8) is 0 Å². The van der Waals surface area contributed by atoms with E-state index in [1.807, 2.05) is 13.0 Å². The van der Waals surface area contributed by atoms with Gasteiger partial charge >= 0.3 is 0 Å². The van der Waals surface area contributed by atoms with E-state index in [0.29, 0.717) is 0 Å². The Morgan fingerprint density at radius 2 is 1.61 bits per heavy atom. The van der Waals surface area contributed by atoms with Crippen LogP contribution >= 0.6 is 0 Å². The number of aliphatic hydroxyl groups excluding tert-OH is 5. The molecule has 310 valence electrons. The molecule has 1 saturated carbocycles. The van der Waals surface area contributed by atoms with E-state index >= 15 is 0 Å². The number of carbonyl (C=O) groups is 1. The van der Waals surface area contributed by atoms with Crippen LogP contribution in [0.25, 0.3) is 0 Å². The zero-order valence-electron chi connectivity index (χ0n) is 32.5. The number of hydrogen-bond acceptors (Lipinski definition) is 16. The standard InChI is InChI=1S/C37H66N6O11/c1-19(2)9-7-10-20(3)11-8-12-21(4)13-14-42-17-24(44)34(49)43-23-15-22(39)31(53-35-26(40)28(46)27(45)25(16-38)52-35)29(47)32(23)54-36-30(48)33(41-6)37(5,50)18-51-36/h9,11,13-14,22-33,35-36,41,44-48,50H,7-8,10,12,15-18,38-40H2,1-6H3,(H,43,49)/b20-11+,21-13+,42-14-/t22?,23-,24?,25?,26?,27?,28?,29?,30?,31?,32?,33?,35?,36?,37?/m0/s1. The number of hydrogen-bond donors (Lipinski definition) is 11. The Bertz CT molecular complexity index is 1310. The molecule has 0 bridgehead atoms. The highest BCUT2D eigenvalue weighted by molar-refractivity contribution is 5.81. The van der Waals surface area contributed by atoms with Crippen LogP contribution in [0.3, 0.4) is 0 Å². The molecule has 15 atom stereocenters. The lowest BCUT2D eigenvalue weighted by Gasteiger charge is -2.49. The molecule has 54 heavy (non-hydrogen) atoms. The molecule has 0 aromatic rings. The van der Waals surface area contributed by atoms with Crippen molar-refractivity contribution in [3.05, 3.63) is 34.9 Å². The highest BCUT2D eigenvalue weighted by Crippen LogP contribution is 2.32. The highest BCUT2D eigenvalue weighted by atomic mass is 16.7. The van der Waals surface area contributed by atoms with Crippen molar-refractivity contribution in [1.82, 2.24) is 10.6 Å². The summed E-state index contributed by atoms with van der Waals surface area (Å²) in [5.41, 5.74) is 20.5. The third-order valence-corrected chi connectivity index (χ3v) is 10.2. The summed E-state index contributed by atoms with van der Waals surface area (Å²) in [5, 5.41) is 70.5. The third kappa shape index (κ3) is 12.7. The van der Waals surface area contributed by atoms with Gasteiger partial charge in [0.15, 0.2) is 18.7 Å². The predicted molar refractivity (Wildman–Crippen MR) is 202 cm³/mol. The van der Waals surface area contributed by atoms with Crippen LogP contribution in [0.4, 0.5) is 0 Å². The zero-order valence-corrected chi connectivity index (χ0v) is 32.5. The number of aliphatic imine (C=N–C) groups is 1. The quantitative estimate of drug-likeness (QED) is 0.0562. The van der Waals surface area contributed by atoms with Crippen molar-refractivity contribution in [2.45, 2.75) is 158 Å². The average Bonchev–Trinajstić information content (AvgIpc) is 3.10. The summed E-state index contributed by atoms with van der Waals surface area (Å²) >= 11 is 0. The number of rotatable bonds is 17. The van der Waals surface area contributed by atoms with Crippen LogP contribution in [0.15, 0.2) is 39.9 Å². The largest absolute Gasteiger partial charge is 0.388 e. The number of ether oxygens (including phenoxy) is 4. The molecule has 17 heteroatoms. The molecule has 3 fully saturated rings. The first-order valence-corrected chi connectivity index (χ1v) is 18.8. The van der Waals surface area contributed by atoms with Gasteiger partial charge in [-0.25, -0.2) is 0 Å². The molecule has 3 aliphatic rings. The molecule has 14 unspecified atom stereocenters. The zero-order chi connectivity index (χ0) is 40.3. The average molecular weight is 771 g/mol. The molecule has 0 spiro atoms. The fraction of sp³-hybridized carbons (Fsp3) is 0.784. The van der Waals surface area contributed by atoms with Crippen molar-refractivity contribution in [2.24, 2.45) is 22.2 Å². The maximum Gasteiger partial charge on any atom is 0.251 e. The van der Waals surface area contributed by atoms with Gasteiger partial charge < -0.3 is 77.4 Å². The Balaban J connectivity index is 1.69. The summed E-state index contributed by atoms with van der Waals surface area (Å²) in [6, 6.07) is -4.12. The molecule has 1 aliphatic carbocycles. The van der Waals surface area contributed by atoms with E-state index in [1.54, 1.807) is 13.3 Å². The van der Waals surface area contributed by atoms with Gasteiger partial charge in [-0.2, -0.15) is 0 Å². The molecule has 0 aromatic heterocycles. The van der Waals surface area contributed by atoms with E-state index in [0.717, 1.165) is 31.3 Å². The summed E-state index contributed by atoms with van der Waals surface area (Å²) in [6.07, 6.45) is -2.18. The minimum absolute atomic E-state index is 0.0532. The second kappa shape index (κ2) is 21.4. The predicted octanol–water partition coefficient (Wildman–Crippen LogP) is -2.03. The van der Waals surface area contributed by atoms with E-state index in [2.05, 4.69) is 48.5 Å². The van der Waals surface area contributed by atoms with Crippen LogP contribution in [0.5, 0.6) is 0 Å². The Morgan fingerprint density at radius 3 is 2.26 bits per heavy atom. The van der Waals surface area contributed by atoms with Crippen LogP contribution in [0, 0.1) is 0 Å². The summed E-state index contributed by atoms with van der Waals surface area (Å²) < 4.78 is 23.5. The van der Waals surface area contributed by atoms with E-state index in [1.165, 1.54) is 18.1 Å². The summed E-state index contributed by atoms with van der Waals surface area (Å²) in [5.74, 6) is -0.805. The van der Waals surface area contributed by atoms with Crippen LogP contribution in [0.1, 0.15) is 66.7 Å². The number of nitrogens with zero attached hydrogens (tertiary/aromatic N) is 1. The van der Waals surface area contributed by atoms with Crippen LogP contribution in [0.2, 0.25) is 0 Å². The van der Waals surface area contributed by atoms with Crippen LogP contribution < -0.4 is 27.8 Å². The van der Waals surface area contributed by atoms with Gasteiger partial charge in [0, 0.05) is 18.8 Å². The monoisotopic (exact) mass is 770 g/mol. The van der Waals surface area contributed by atoms with Gasteiger partial charge in [-0.05, 0) is 79.8 Å². The maximum atomic E-state index is 13.2. The van der Waals surface area contributed by atoms with Gasteiger partial charge in [0.2, 0.25) is 0 Å². The number of likely N-dealkylation sites (N-methyl/N-ethyl adjacent to an activating group) is 1. The van der Waals surface area contributed by atoms with E-state index < -0.39 is 97.1 Å².